The number of rotatable bonds is 18. The topological polar surface area (TPSA) is 83.2 Å². The van der Waals surface area contributed by atoms with Crippen molar-refractivity contribution in [1.82, 2.24) is 4.98 Å². The summed E-state index contributed by atoms with van der Waals surface area (Å²) in [7, 11) is 1.63. The molecule has 1 rings (SSSR count). The van der Waals surface area contributed by atoms with E-state index >= 15 is 0 Å². The highest BCUT2D eigenvalue weighted by molar-refractivity contribution is 9.10. The fraction of sp³-hybridized carbons (Fsp3) is 0.640. The number of carboxylic acids is 1. The molecule has 0 saturated carbocycles. The van der Waals surface area contributed by atoms with Crippen LogP contribution < -0.4 is 4.74 Å². The number of nitriles is 1. The summed E-state index contributed by atoms with van der Waals surface area (Å²) >= 11 is 3.32. The van der Waals surface area contributed by atoms with E-state index in [9.17, 15) is 10.1 Å². The summed E-state index contributed by atoms with van der Waals surface area (Å²) in [4.78, 5) is 14.7. The molecule has 0 amide bonds. The molecule has 0 aliphatic heterocycles. The van der Waals surface area contributed by atoms with E-state index in [1.54, 1.807) is 7.11 Å². The number of hydrogen-bond donors (Lipinski definition) is 1. The highest BCUT2D eigenvalue weighted by Gasteiger charge is 2.12. The molecule has 172 valence electrons. The Morgan fingerprint density at radius 3 is 2.13 bits per heavy atom. The molecule has 1 aromatic heterocycles. The first kappa shape index (κ1) is 27.2. The van der Waals surface area contributed by atoms with Gasteiger partial charge in [-0.3, -0.25) is 4.79 Å². The SMILES string of the molecule is COc1cc(Br)nc(C#N)c1CCCCCCCC/C=C\CCCCCCCC(=O)O. The maximum absolute atomic E-state index is 10.4. The second-order valence-electron chi connectivity index (χ2n) is 7.92. The Bertz CT molecular complexity index is 713. The number of aromatic nitrogens is 1. The predicted octanol–water partition coefficient (Wildman–Crippen LogP) is 7.37. The molecule has 1 N–H and O–H groups in total. The summed E-state index contributed by atoms with van der Waals surface area (Å²) in [6, 6.07) is 4.00. The molecule has 0 atom stereocenters. The minimum atomic E-state index is -0.684. The first-order valence-corrected chi connectivity index (χ1v) is 12.4. The molecule has 0 aromatic carbocycles. The normalized spacial score (nSPS) is 11.0. The first-order chi connectivity index (χ1) is 15.1. The zero-order chi connectivity index (χ0) is 22.7. The van der Waals surface area contributed by atoms with Crippen molar-refractivity contribution in [2.24, 2.45) is 0 Å². The van der Waals surface area contributed by atoms with Crippen molar-refractivity contribution in [1.29, 1.82) is 5.26 Å². The Balaban J connectivity index is 1.99. The Hall–Kier alpha value is -1.87. The Kier molecular flexibility index (Phi) is 15.6. The van der Waals surface area contributed by atoms with Gasteiger partial charge in [0, 0.05) is 18.1 Å². The second-order valence-corrected chi connectivity index (χ2v) is 8.73. The van der Waals surface area contributed by atoms with Gasteiger partial charge in [-0.25, -0.2) is 4.98 Å². The number of aliphatic carboxylic acids is 1. The number of carboxylic acid groups (broad SMARTS) is 1. The number of allylic oxidation sites excluding steroid dienone is 2. The van der Waals surface area contributed by atoms with Gasteiger partial charge in [-0.05, 0) is 60.9 Å². The zero-order valence-electron chi connectivity index (χ0n) is 18.9. The van der Waals surface area contributed by atoms with Crippen LogP contribution in [0.15, 0.2) is 22.8 Å². The van der Waals surface area contributed by atoms with Crippen LogP contribution in [0.25, 0.3) is 0 Å². The highest BCUT2D eigenvalue weighted by Crippen LogP contribution is 2.26. The summed E-state index contributed by atoms with van der Waals surface area (Å²) in [5.74, 6) is 0.0551. The summed E-state index contributed by atoms with van der Waals surface area (Å²) in [5.41, 5.74) is 1.37. The van der Waals surface area contributed by atoms with E-state index in [4.69, 9.17) is 9.84 Å². The van der Waals surface area contributed by atoms with Gasteiger partial charge < -0.3 is 9.84 Å². The van der Waals surface area contributed by atoms with E-state index in [0.29, 0.717) is 16.7 Å². The lowest BCUT2D eigenvalue weighted by molar-refractivity contribution is -0.137. The smallest absolute Gasteiger partial charge is 0.303 e. The van der Waals surface area contributed by atoms with E-state index in [0.717, 1.165) is 62.7 Å². The highest BCUT2D eigenvalue weighted by atomic mass is 79.9. The molecule has 1 heterocycles. The number of ether oxygens (including phenoxy) is 1. The molecule has 0 spiro atoms. The molecule has 0 saturated heterocycles. The fourth-order valence-corrected chi connectivity index (χ4v) is 4.00. The summed E-state index contributed by atoms with van der Waals surface area (Å²) < 4.78 is 6.04. The Morgan fingerprint density at radius 2 is 1.58 bits per heavy atom. The average molecular weight is 493 g/mol. The molecule has 0 bridgehead atoms. The molecule has 0 unspecified atom stereocenters. The van der Waals surface area contributed by atoms with Crippen molar-refractivity contribution in [3.8, 4) is 11.8 Å². The van der Waals surface area contributed by atoms with Crippen molar-refractivity contribution < 1.29 is 14.6 Å². The fourth-order valence-electron chi connectivity index (χ4n) is 3.61. The van der Waals surface area contributed by atoms with Gasteiger partial charge in [0.25, 0.3) is 0 Å². The van der Waals surface area contributed by atoms with Crippen LogP contribution in [-0.4, -0.2) is 23.2 Å². The molecule has 0 fully saturated rings. The van der Waals surface area contributed by atoms with E-state index in [2.05, 4.69) is 39.1 Å². The van der Waals surface area contributed by atoms with Gasteiger partial charge in [-0.2, -0.15) is 5.26 Å². The van der Waals surface area contributed by atoms with E-state index < -0.39 is 5.97 Å². The lowest BCUT2D eigenvalue weighted by Crippen LogP contribution is -2.00. The number of halogens is 1. The number of pyridine rings is 1. The van der Waals surface area contributed by atoms with Crippen LogP contribution in [0.4, 0.5) is 0 Å². The first-order valence-electron chi connectivity index (χ1n) is 11.6. The molecule has 31 heavy (non-hydrogen) atoms. The van der Waals surface area contributed by atoms with Crippen molar-refractivity contribution in [3.63, 3.8) is 0 Å². The monoisotopic (exact) mass is 492 g/mol. The number of hydrogen-bond acceptors (Lipinski definition) is 4. The van der Waals surface area contributed by atoms with Crippen LogP contribution >= 0.6 is 15.9 Å². The third-order valence-electron chi connectivity index (χ3n) is 5.35. The van der Waals surface area contributed by atoms with Crippen LogP contribution in [0, 0.1) is 11.3 Å². The third-order valence-corrected chi connectivity index (χ3v) is 5.76. The summed E-state index contributed by atoms with van der Waals surface area (Å²) in [6.45, 7) is 0. The Labute approximate surface area is 196 Å². The van der Waals surface area contributed by atoms with Crippen LogP contribution in [0.2, 0.25) is 0 Å². The maximum atomic E-state index is 10.4. The summed E-state index contributed by atoms with van der Waals surface area (Å²) in [5, 5.41) is 17.9. The summed E-state index contributed by atoms with van der Waals surface area (Å²) in [6.07, 6.45) is 20.6. The lowest BCUT2D eigenvalue weighted by atomic mass is 10.0. The number of unbranched alkanes of at least 4 members (excludes halogenated alkanes) is 11. The van der Waals surface area contributed by atoms with Crippen molar-refractivity contribution in [2.45, 2.75) is 96.3 Å². The molecule has 0 aliphatic rings. The van der Waals surface area contributed by atoms with Gasteiger partial charge in [0.2, 0.25) is 0 Å². The minimum absolute atomic E-state index is 0.305. The van der Waals surface area contributed by atoms with Gasteiger partial charge in [-0.15, -0.1) is 0 Å². The van der Waals surface area contributed by atoms with Gasteiger partial charge in [0.05, 0.1) is 7.11 Å². The average Bonchev–Trinajstić information content (AvgIpc) is 2.75. The third kappa shape index (κ3) is 13.2. The minimum Gasteiger partial charge on any atom is -0.496 e. The number of methoxy groups -OCH3 is 1. The Morgan fingerprint density at radius 1 is 1.03 bits per heavy atom. The van der Waals surface area contributed by atoms with Crippen molar-refractivity contribution in [2.75, 3.05) is 7.11 Å². The molecule has 1 aromatic rings. The number of nitrogens with zero attached hydrogens (tertiary/aromatic N) is 2. The molecule has 0 radical (unpaired) electrons. The van der Waals surface area contributed by atoms with Crippen molar-refractivity contribution >= 4 is 21.9 Å². The van der Waals surface area contributed by atoms with Gasteiger partial charge in [0.15, 0.2) is 0 Å². The zero-order valence-corrected chi connectivity index (χ0v) is 20.5. The maximum Gasteiger partial charge on any atom is 0.303 e. The molecule has 5 nitrogen and oxygen atoms in total. The van der Waals surface area contributed by atoms with Gasteiger partial charge >= 0.3 is 5.97 Å². The standard InChI is InChI=1S/C25H37BrN2O3/c1-31-23-19-24(26)28-22(20-27)21(23)17-15-13-11-9-7-5-3-2-4-6-8-10-12-14-16-18-25(29)30/h2,4,19H,3,5-18H2,1H3,(H,29,30)/b4-2-. The van der Waals surface area contributed by atoms with E-state index in [1.807, 2.05) is 6.07 Å². The van der Waals surface area contributed by atoms with Gasteiger partial charge in [0.1, 0.15) is 22.1 Å². The van der Waals surface area contributed by atoms with E-state index in [-0.39, 0.29) is 0 Å². The van der Waals surface area contributed by atoms with Crippen molar-refractivity contribution in [3.05, 3.63) is 34.1 Å². The lowest BCUT2D eigenvalue weighted by Gasteiger charge is -2.10. The molecule has 0 aliphatic carbocycles. The molecular weight excluding hydrogens is 456 g/mol. The van der Waals surface area contributed by atoms with Crippen LogP contribution in [0.1, 0.15) is 101 Å². The van der Waals surface area contributed by atoms with Crippen LogP contribution in [0.5, 0.6) is 5.75 Å². The van der Waals surface area contributed by atoms with E-state index in [1.165, 1.54) is 38.5 Å². The van der Waals surface area contributed by atoms with Crippen LogP contribution in [-0.2, 0) is 11.2 Å². The van der Waals surface area contributed by atoms with Gasteiger partial charge in [-0.1, -0.05) is 57.1 Å². The largest absolute Gasteiger partial charge is 0.496 e. The predicted molar refractivity (Wildman–Crippen MR) is 128 cm³/mol. The number of carbonyl (C=O) groups is 1. The molecule has 6 heteroatoms. The molecular formula is C25H37BrN2O3. The van der Waals surface area contributed by atoms with Crippen LogP contribution in [0.3, 0.4) is 0 Å². The quantitative estimate of drug-likeness (QED) is 0.131. The second kappa shape index (κ2) is 17.8.